The smallest absolute Gasteiger partial charge is 0.226 e. The number of amides is 1. The summed E-state index contributed by atoms with van der Waals surface area (Å²) in [5.74, 6) is 0.0638. The van der Waals surface area contributed by atoms with Crippen molar-refractivity contribution in [3.05, 3.63) is 29.8 Å². The highest BCUT2D eigenvalue weighted by Gasteiger charge is 2.11. The minimum Gasteiger partial charge on any atom is -0.379 e. The third-order valence-electron chi connectivity index (χ3n) is 3.26. The third-order valence-corrected chi connectivity index (χ3v) is 3.26. The summed E-state index contributed by atoms with van der Waals surface area (Å²) in [7, 11) is 0. The zero-order valence-electron chi connectivity index (χ0n) is 11.7. The number of morpholine rings is 1. The Morgan fingerprint density at radius 2 is 1.89 bits per heavy atom. The highest BCUT2D eigenvalue weighted by atomic mass is 16.5. The van der Waals surface area contributed by atoms with Crippen molar-refractivity contribution >= 4 is 11.6 Å². The molecule has 4 nitrogen and oxygen atoms in total. The van der Waals surface area contributed by atoms with Crippen LogP contribution in [0.1, 0.15) is 19.4 Å². The largest absolute Gasteiger partial charge is 0.379 e. The molecule has 1 amide bonds. The highest BCUT2D eigenvalue weighted by molar-refractivity contribution is 5.91. The van der Waals surface area contributed by atoms with Crippen LogP contribution >= 0.6 is 0 Å². The molecule has 0 spiro atoms. The number of carbonyl (C=O) groups is 1. The van der Waals surface area contributed by atoms with Gasteiger partial charge in [-0.2, -0.15) is 0 Å². The number of nitrogens with one attached hydrogen (secondary N) is 1. The Bertz CT molecular complexity index is 409. The van der Waals surface area contributed by atoms with Gasteiger partial charge in [-0.3, -0.25) is 9.69 Å². The second kappa shape index (κ2) is 6.68. The molecule has 0 saturated carbocycles. The molecule has 2 rings (SSSR count). The van der Waals surface area contributed by atoms with Crippen LogP contribution in [0, 0.1) is 5.92 Å². The molecule has 1 fully saturated rings. The molecule has 1 aliphatic rings. The first-order valence-corrected chi connectivity index (χ1v) is 6.85. The third kappa shape index (κ3) is 4.33. The minimum atomic E-state index is 0.00743. The number of nitrogens with zero attached hydrogens (tertiary/aromatic N) is 1. The van der Waals surface area contributed by atoms with Gasteiger partial charge in [0.15, 0.2) is 0 Å². The van der Waals surface area contributed by atoms with E-state index in [2.05, 4.69) is 22.3 Å². The Kier molecular flexibility index (Phi) is 4.93. The standard InChI is InChI=1S/C15H22N2O2/c1-12(2)15(18)16-14-5-3-13(4-6-14)11-17-7-9-19-10-8-17/h3-6,12H,7-11H2,1-2H3,(H,16,18). The van der Waals surface area contributed by atoms with Gasteiger partial charge in [0.05, 0.1) is 13.2 Å². The second-order valence-electron chi connectivity index (χ2n) is 5.23. The quantitative estimate of drug-likeness (QED) is 0.903. The molecule has 1 aromatic rings. The number of benzene rings is 1. The van der Waals surface area contributed by atoms with E-state index < -0.39 is 0 Å². The van der Waals surface area contributed by atoms with Gasteiger partial charge in [-0.1, -0.05) is 26.0 Å². The summed E-state index contributed by atoms with van der Waals surface area (Å²) in [6, 6.07) is 8.09. The van der Waals surface area contributed by atoms with Crippen molar-refractivity contribution in [2.45, 2.75) is 20.4 Å². The van der Waals surface area contributed by atoms with E-state index in [9.17, 15) is 4.79 Å². The first kappa shape index (κ1) is 14.0. The van der Waals surface area contributed by atoms with Gasteiger partial charge in [0.25, 0.3) is 0 Å². The van der Waals surface area contributed by atoms with Crippen LogP contribution in [0.4, 0.5) is 5.69 Å². The maximum Gasteiger partial charge on any atom is 0.226 e. The molecule has 1 N–H and O–H groups in total. The number of carbonyl (C=O) groups excluding carboxylic acids is 1. The molecule has 0 radical (unpaired) electrons. The van der Waals surface area contributed by atoms with Crippen molar-refractivity contribution in [2.24, 2.45) is 5.92 Å². The van der Waals surface area contributed by atoms with Crippen molar-refractivity contribution in [1.29, 1.82) is 0 Å². The normalized spacial score (nSPS) is 16.6. The Balaban J connectivity index is 1.88. The Hall–Kier alpha value is -1.39. The molecule has 1 aromatic carbocycles. The lowest BCUT2D eigenvalue weighted by atomic mass is 10.1. The Morgan fingerprint density at radius 1 is 1.26 bits per heavy atom. The predicted octanol–water partition coefficient (Wildman–Crippen LogP) is 2.11. The Labute approximate surface area is 114 Å². The highest BCUT2D eigenvalue weighted by Crippen LogP contribution is 2.13. The molecule has 1 saturated heterocycles. The van der Waals surface area contributed by atoms with Crippen LogP contribution in [0.25, 0.3) is 0 Å². The van der Waals surface area contributed by atoms with Crippen LogP contribution in [-0.4, -0.2) is 37.1 Å². The second-order valence-corrected chi connectivity index (χ2v) is 5.23. The first-order chi connectivity index (χ1) is 9.15. The minimum absolute atomic E-state index is 0.00743. The lowest BCUT2D eigenvalue weighted by Crippen LogP contribution is -2.35. The molecule has 4 heteroatoms. The number of ether oxygens (including phenoxy) is 1. The van der Waals surface area contributed by atoms with Crippen LogP contribution in [0.15, 0.2) is 24.3 Å². The topological polar surface area (TPSA) is 41.6 Å². The van der Waals surface area contributed by atoms with Crippen LogP contribution in [0.2, 0.25) is 0 Å². The molecule has 0 unspecified atom stereocenters. The first-order valence-electron chi connectivity index (χ1n) is 6.85. The van der Waals surface area contributed by atoms with Crippen molar-refractivity contribution in [3.8, 4) is 0 Å². The van der Waals surface area contributed by atoms with E-state index in [4.69, 9.17) is 4.74 Å². The summed E-state index contributed by atoms with van der Waals surface area (Å²) < 4.78 is 5.33. The van der Waals surface area contributed by atoms with Crippen molar-refractivity contribution in [3.63, 3.8) is 0 Å². The molecule has 1 aliphatic heterocycles. The fourth-order valence-corrected chi connectivity index (χ4v) is 2.00. The molecular formula is C15H22N2O2. The van der Waals surface area contributed by atoms with Gasteiger partial charge < -0.3 is 10.1 Å². The van der Waals surface area contributed by atoms with E-state index in [1.807, 2.05) is 26.0 Å². The van der Waals surface area contributed by atoms with Gasteiger partial charge in [-0.15, -0.1) is 0 Å². The Morgan fingerprint density at radius 3 is 2.47 bits per heavy atom. The monoisotopic (exact) mass is 262 g/mol. The zero-order valence-corrected chi connectivity index (χ0v) is 11.7. The fraction of sp³-hybridized carbons (Fsp3) is 0.533. The number of hydrogen-bond acceptors (Lipinski definition) is 3. The molecule has 0 atom stereocenters. The SMILES string of the molecule is CC(C)C(=O)Nc1ccc(CN2CCOCC2)cc1. The van der Waals surface area contributed by atoms with E-state index in [0.717, 1.165) is 38.5 Å². The predicted molar refractivity (Wildman–Crippen MR) is 76.0 cm³/mol. The number of rotatable bonds is 4. The molecule has 0 aliphatic carbocycles. The van der Waals surface area contributed by atoms with Gasteiger partial charge in [-0.25, -0.2) is 0 Å². The summed E-state index contributed by atoms with van der Waals surface area (Å²) in [4.78, 5) is 14.0. The molecule has 0 bridgehead atoms. The molecule has 0 aromatic heterocycles. The van der Waals surface area contributed by atoms with E-state index in [0.29, 0.717) is 0 Å². The molecule has 19 heavy (non-hydrogen) atoms. The summed E-state index contributed by atoms with van der Waals surface area (Å²) >= 11 is 0. The maximum atomic E-state index is 11.6. The van der Waals surface area contributed by atoms with Gasteiger partial charge in [0.2, 0.25) is 5.91 Å². The summed E-state index contributed by atoms with van der Waals surface area (Å²) in [6.07, 6.45) is 0. The van der Waals surface area contributed by atoms with Gasteiger partial charge >= 0.3 is 0 Å². The summed E-state index contributed by atoms with van der Waals surface area (Å²) in [5, 5.41) is 2.90. The molecule has 1 heterocycles. The average molecular weight is 262 g/mol. The van der Waals surface area contributed by atoms with Crippen molar-refractivity contribution < 1.29 is 9.53 Å². The van der Waals surface area contributed by atoms with Crippen LogP contribution in [-0.2, 0) is 16.1 Å². The molecule has 104 valence electrons. The van der Waals surface area contributed by atoms with E-state index in [1.54, 1.807) is 0 Å². The van der Waals surface area contributed by atoms with Crippen LogP contribution in [0.3, 0.4) is 0 Å². The number of hydrogen-bond donors (Lipinski definition) is 1. The van der Waals surface area contributed by atoms with Crippen LogP contribution in [0.5, 0.6) is 0 Å². The van der Waals surface area contributed by atoms with Gasteiger partial charge in [0.1, 0.15) is 0 Å². The summed E-state index contributed by atoms with van der Waals surface area (Å²) in [6.45, 7) is 8.36. The summed E-state index contributed by atoms with van der Waals surface area (Å²) in [5.41, 5.74) is 2.13. The maximum absolute atomic E-state index is 11.6. The average Bonchev–Trinajstić information content (AvgIpc) is 2.42. The van der Waals surface area contributed by atoms with Crippen molar-refractivity contribution in [1.82, 2.24) is 4.90 Å². The fourth-order valence-electron chi connectivity index (χ4n) is 2.00. The van der Waals surface area contributed by atoms with E-state index in [-0.39, 0.29) is 11.8 Å². The van der Waals surface area contributed by atoms with Gasteiger partial charge in [0, 0.05) is 31.2 Å². The lowest BCUT2D eigenvalue weighted by Gasteiger charge is -2.26. The lowest BCUT2D eigenvalue weighted by molar-refractivity contribution is -0.118. The van der Waals surface area contributed by atoms with Crippen molar-refractivity contribution in [2.75, 3.05) is 31.6 Å². The van der Waals surface area contributed by atoms with E-state index in [1.165, 1.54) is 5.56 Å². The van der Waals surface area contributed by atoms with Crippen LogP contribution < -0.4 is 5.32 Å². The molecular weight excluding hydrogens is 240 g/mol. The zero-order chi connectivity index (χ0) is 13.7. The van der Waals surface area contributed by atoms with Gasteiger partial charge in [-0.05, 0) is 17.7 Å². The van der Waals surface area contributed by atoms with E-state index >= 15 is 0 Å². The number of anilines is 1.